The summed E-state index contributed by atoms with van der Waals surface area (Å²) in [7, 11) is 0. The Morgan fingerprint density at radius 1 is 0.638 bits per heavy atom. The normalized spacial score (nSPS) is 11.9. The highest BCUT2D eigenvalue weighted by atomic mass is 32.2. The zero-order chi connectivity index (χ0) is 33.3. The number of aryl methyl sites for hydroxylation is 1. The third-order valence-electron chi connectivity index (χ3n) is 6.29. The molecule has 5 rings (SSSR count). The summed E-state index contributed by atoms with van der Waals surface area (Å²) < 4.78 is 8.99. The molecule has 0 heterocycles. The van der Waals surface area contributed by atoms with Crippen LogP contribution in [0.25, 0.3) is 10.8 Å². The molecule has 0 atom stereocenters. The van der Waals surface area contributed by atoms with Gasteiger partial charge in [0.1, 0.15) is 28.6 Å². The lowest BCUT2D eigenvalue weighted by atomic mass is 10.1. The van der Waals surface area contributed by atoms with Gasteiger partial charge in [0, 0.05) is 22.4 Å². The summed E-state index contributed by atoms with van der Waals surface area (Å²) in [6, 6.07) is 20.3. The van der Waals surface area contributed by atoms with Gasteiger partial charge in [0.05, 0.1) is 51.7 Å². The van der Waals surface area contributed by atoms with E-state index in [1.807, 2.05) is 0 Å². The fourth-order valence-corrected chi connectivity index (χ4v) is 4.91. The number of phenolic OH excluding ortho intramolecular Hbond substituents is 3. The Balaban J connectivity index is 1.40. The zero-order valence-corrected chi connectivity index (χ0v) is 25.6. The van der Waals surface area contributed by atoms with Crippen molar-refractivity contribution in [3.8, 4) is 17.2 Å². The molecule has 0 saturated heterocycles. The van der Waals surface area contributed by atoms with E-state index in [2.05, 4.69) is 49.4 Å². The molecule has 5 aromatic carbocycles. The molecule has 0 aliphatic rings. The smallest absolute Gasteiger partial charge is 0.152 e. The number of phenols is 3. The monoisotopic (exact) mass is 677 g/mol. The van der Waals surface area contributed by atoms with Gasteiger partial charge < -0.3 is 21.1 Å². The molecular weight excluding hydrogens is 654 g/mol. The molecule has 47 heavy (non-hydrogen) atoms. The lowest BCUT2D eigenvalue weighted by Crippen LogP contribution is -1.84. The molecule has 0 amide bonds. The average molecular weight is 678 g/mol. The van der Waals surface area contributed by atoms with Crippen LogP contribution in [0, 0.1) is 6.92 Å². The van der Waals surface area contributed by atoms with Gasteiger partial charge in [0.2, 0.25) is 0 Å². The van der Waals surface area contributed by atoms with E-state index < -0.39 is 0 Å². The van der Waals surface area contributed by atoms with Crippen LogP contribution in [0.5, 0.6) is 17.2 Å². The van der Waals surface area contributed by atoms with Crippen LogP contribution in [-0.4, -0.2) is 25.8 Å². The number of nitrogens with two attached hydrogens (primary N) is 1. The molecule has 0 spiro atoms. The molecule has 0 radical (unpaired) electrons. The third-order valence-corrected chi connectivity index (χ3v) is 7.51. The number of nitrogen functional groups attached to an aromatic ring is 1. The summed E-state index contributed by atoms with van der Waals surface area (Å²) in [6.45, 7) is 1.74. The van der Waals surface area contributed by atoms with Gasteiger partial charge >= 0.3 is 0 Å². The van der Waals surface area contributed by atoms with Crippen molar-refractivity contribution in [2.24, 2.45) is 30.7 Å². The first-order valence-corrected chi connectivity index (χ1v) is 14.6. The highest BCUT2D eigenvalue weighted by Gasteiger charge is 2.16. The quantitative estimate of drug-likeness (QED) is 0.0238. The Hall–Kier alpha value is -5.18. The summed E-state index contributed by atoms with van der Waals surface area (Å²) in [5, 5.41) is 81.5. The second-order valence-electron chi connectivity index (χ2n) is 9.39. The van der Waals surface area contributed by atoms with Gasteiger partial charge in [0.15, 0.2) is 5.75 Å². The van der Waals surface area contributed by atoms with Crippen molar-refractivity contribution in [1.82, 2.24) is 0 Å². The second kappa shape index (κ2) is 15.4. The third kappa shape index (κ3) is 8.35. The van der Waals surface area contributed by atoms with Crippen LogP contribution < -0.4 is 5.73 Å². The van der Waals surface area contributed by atoms with E-state index in [0.717, 1.165) is 12.0 Å². The van der Waals surface area contributed by atoms with E-state index in [-0.39, 0.29) is 39.2 Å². The molecule has 0 unspecified atom stereocenters. The molecule has 0 aromatic heterocycles. The van der Waals surface area contributed by atoms with Crippen molar-refractivity contribution < 1.29 is 44.6 Å². The number of hydrogen-bond donors (Lipinski definition) is 6. The maximum absolute atomic E-state index is 11.1. The van der Waals surface area contributed by atoms with Gasteiger partial charge in [-0.2, -0.15) is 15.3 Å². The minimum Gasteiger partial charge on any atom is -0.508 e. The second-order valence-corrected chi connectivity index (χ2v) is 10.9. The molecular formula is C29H23N7O9S2. The van der Waals surface area contributed by atoms with Gasteiger partial charge in [-0.3, -0.25) is 0 Å². The first-order valence-electron chi connectivity index (χ1n) is 13.1. The van der Waals surface area contributed by atoms with E-state index >= 15 is 0 Å². The summed E-state index contributed by atoms with van der Waals surface area (Å²) in [4.78, 5) is 0.853. The predicted molar refractivity (Wildman–Crippen MR) is 171 cm³/mol. The van der Waals surface area contributed by atoms with Crippen molar-refractivity contribution in [2.45, 2.75) is 16.7 Å². The lowest BCUT2D eigenvalue weighted by molar-refractivity contribution is -0.432. The topological polar surface area (TPSA) is 238 Å². The molecule has 0 aliphatic heterocycles. The van der Waals surface area contributed by atoms with Crippen molar-refractivity contribution >= 4 is 74.7 Å². The van der Waals surface area contributed by atoms with Gasteiger partial charge in [0.25, 0.3) is 0 Å². The molecule has 0 aliphatic carbocycles. The minimum absolute atomic E-state index is 0.000994. The molecule has 0 saturated carbocycles. The summed E-state index contributed by atoms with van der Waals surface area (Å²) in [6.07, 6.45) is 0. The van der Waals surface area contributed by atoms with Crippen LogP contribution in [0.3, 0.4) is 0 Å². The van der Waals surface area contributed by atoms with Crippen LogP contribution in [0.1, 0.15) is 5.56 Å². The number of azo groups is 3. The Labute approximate surface area is 273 Å². The molecule has 0 fully saturated rings. The fourth-order valence-electron chi connectivity index (χ4n) is 4.05. The summed E-state index contributed by atoms with van der Waals surface area (Å²) >= 11 is 1.36. The van der Waals surface area contributed by atoms with Crippen LogP contribution >= 0.6 is 24.1 Å². The van der Waals surface area contributed by atoms with Gasteiger partial charge in [-0.1, -0.05) is 10.1 Å². The van der Waals surface area contributed by atoms with E-state index in [9.17, 15) is 15.3 Å². The van der Waals surface area contributed by atoms with Gasteiger partial charge in [-0.25, -0.2) is 10.5 Å². The Bertz CT molecular complexity index is 1990. The van der Waals surface area contributed by atoms with Crippen molar-refractivity contribution in [3.63, 3.8) is 0 Å². The van der Waals surface area contributed by atoms with Crippen molar-refractivity contribution in [2.75, 3.05) is 5.73 Å². The Morgan fingerprint density at radius 3 is 2.06 bits per heavy atom. The Morgan fingerprint density at radius 2 is 1.32 bits per heavy atom. The Kier molecular flexibility index (Phi) is 10.9. The van der Waals surface area contributed by atoms with E-state index in [1.165, 1.54) is 30.3 Å². The molecule has 5 aromatic rings. The van der Waals surface area contributed by atoms with Crippen LogP contribution in [-0.2, 0) is 18.7 Å². The standard InChI is InChI=1S/C29H23N7O9S2/c1-15-10-25(26(38)14-24(15)34-31-17-2-6-20(7-3-17)46-44-42-40)35-36-28-27(47-45-43-41)12-16-11-18(4-8-21(16)29(28)39)32-33-23-9-5-19(37)13-22(23)30/h2-14,37-41H,30H2,1H3. The first kappa shape index (κ1) is 33.2. The predicted octanol–water partition coefficient (Wildman–Crippen LogP) is 9.95. The number of fused-ring (bicyclic) bond motifs is 1. The number of aromatic hydroxyl groups is 3. The number of anilines is 1. The molecule has 7 N–H and O–H groups in total. The van der Waals surface area contributed by atoms with E-state index in [1.54, 1.807) is 55.5 Å². The highest BCUT2D eigenvalue weighted by Crippen LogP contribution is 2.45. The zero-order valence-electron chi connectivity index (χ0n) is 24.0. The minimum atomic E-state index is -0.275. The van der Waals surface area contributed by atoms with Gasteiger partial charge in [-0.05, 0) is 84.6 Å². The number of nitrogens with zero attached hydrogens (tertiary/aromatic N) is 6. The lowest BCUT2D eigenvalue weighted by Gasteiger charge is -2.10. The van der Waals surface area contributed by atoms with Crippen molar-refractivity contribution in [1.29, 1.82) is 0 Å². The SMILES string of the molecule is Cc1cc(N=Nc2c(SOOO)cc3cc(N=Nc4ccc(O)cc4N)ccc3c2O)c(O)cc1N=Nc1ccc(SOOO)cc1. The average Bonchev–Trinajstić information content (AvgIpc) is 3.06. The van der Waals surface area contributed by atoms with E-state index in [4.69, 9.17) is 16.2 Å². The summed E-state index contributed by atoms with van der Waals surface area (Å²) in [5.41, 5.74) is 8.44. The first-order chi connectivity index (χ1) is 22.7. The number of hydrogen-bond acceptors (Lipinski definition) is 18. The van der Waals surface area contributed by atoms with Crippen LogP contribution in [0.2, 0.25) is 0 Å². The molecule has 18 heteroatoms. The number of rotatable bonds is 12. The van der Waals surface area contributed by atoms with E-state index in [0.29, 0.717) is 56.0 Å². The number of benzene rings is 5. The highest BCUT2D eigenvalue weighted by molar-refractivity contribution is 7.94. The molecule has 0 bridgehead atoms. The largest absolute Gasteiger partial charge is 0.508 e. The maximum Gasteiger partial charge on any atom is 0.152 e. The molecule has 16 nitrogen and oxygen atoms in total. The van der Waals surface area contributed by atoms with Crippen molar-refractivity contribution in [3.05, 3.63) is 84.4 Å². The maximum atomic E-state index is 11.1. The van der Waals surface area contributed by atoms with Crippen LogP contribution in [0.4, 0.5) is 39.8 Å². The summed E-state index contributed by atoms with van der Waals surface area (Å²) in [5.74, 6) is -0.529. The van der Waals surface area contributed by atoms with Gasteiger partial charge in [-0.15, -0.1) is 24.0 Å². The molecule has 240 valence electrons. The fraction of sp³-hybridized carbons (Fsp3) is 0.0345. The van der Waals surface area contributed by atoms with Crippen LogP contribution in [0.15, 0.2) is 119 Å².